The number of aliphatic hydroxyl groups excluding tert-OH is 2. The first-order chi connectivity index (χ1) is 22.7. The smallest absolute Gasteiger partial charge is 0.264 e. The Hall–Kier alpha value is -3.61. The van der Waals surface area contributed by atoms with Gasteiger partial charge >= 0.3 is 0 Å². The quantitative estimate of drug-likeness (QED) is 0.217. The van der Waals surface area contributed by atoms with Crippen LogP contribution >= 0.6 is 11.6 Å². The maximum absolute atomic E-state index is 16.4. The van der Waals surface area contributed by atoms with Crippen molar-refractivity contribution in [2.45, 2.75) is 82.3 Å². The van der Waals surface area contributed by atoms with Crippen molar-refractivity contribution >= 4 is 49.1 Å². The van der Waals surface area contributed by atoms with Gasteiger partial charge in [-0.1, -0.05) is 54.9 Å². The topological polar surface area (TPSA) is 119 Å². The first-order valence-electron chi connectivity index (χ1n) is 16.3. The van der Waals surface area contributed by atoms with Crippen molar-refractivity contribution in [3.05, 3.63) is 94.0 Å². The van der Waals surface area contributed by atoms with Crippen LogP contribution in [-0.4, -0.2) is 66.1 Å². The molecule has 254 valence electrons. The van der Waals surface area contributed by atoms with Crippen LogP contribution in [0, 0.1) is 5.92 Å². The molecule has 3 amide bonds. The molecular formula is C36H41ClFN3O6Si. The van der Waals surface area contributed by atoms with E-state index in [0.29, 0.717) is 40.5 Å². The molecule has 3 aromatic carbocycles. The lowest BCUT2D eigenvalue weighted by Crippen LogP contribution is -2.48. The minimum Gasteiger partial charge on any atom is -0.394 e. The zero-order valence-corrected chi connectivity index (χ0v) is 29.2. The standard InChI is InChI=1S/C36H41ClFN3O6Si/c1-21-33(48(3,4)38)31(17-32(44)40-19-25-10-6-5-9-24(25)15-28(40)20-42)47-36(21)29-16-26(37)12-13-30(29)41(35(36)46)18-23-8-7-11-27(14-23)39-34(45)22(2)43/h5-14,16,21-22,28,31,33,42-43H,15,17-20H2,1-4H3,(H,39,45)/t21-,22-,28-,31+,33-,36+/m0/s1. The second-order valence-corrected chi connectivity index (χ2v) is 18.0. The van der Waals surface area contributed by atoms with Crippen LogP contribution in [0.1, 0.15) is 42.5 Å². The molecule has 1 saturated heterocycles. The molecule has 12 heteroatoms. The Morgan fingerprint density at radius 3 is 2.54 bits per heavy atom. The predicted octanol–water partition coefficient (Wildman–Crippen LogP) is 5.32. The molecule has 6 atom stereocenters. The molecule has 6 rings (SSSR count). The highest BCUT2D eigenvalue weighted by Crippen LogP contribution is 2.60. The number of nitrogens with one attached hydrogen (secondary N) is 1. The number of carbonyl (C=O) groups excluding carboxylic acids is 3. The number of halogens is 2. The number of fused-ring (bicyclic) bond motifs is 3. The van der Waals surface area contributed by atoms with Gasteiger partial charge in [0.05, 0.1) is 37.4 Å². The average molecular weight is 694 g/mol. The number of anilines is 2. The molecular weight excluding hydrogens is 653 g/mol. The third kappa shape index (κ3) is 6.07. The van der Waals surface area contributed by atoms with Gasteiger partial charge < -0.3 is 34.2 Å². The maximum atomic E-state index is 16.4. The van der Waals surface area contributed by atoms with Crippen molar-refractivity contribution in [3.8, 4) is 0 Å². The highest BCUT2D eigenvalue weighted by molar-refractivity contribution is 6.72. The van der Waals surface area contributed by atoms with Crippen LogP contribution in [0.4, 0.5) is 15.5 Å². The Bertz CT molecular complexity index is 1750. The number of hydrogen-bond acceptors (Lipinski definition) is 6. The molecule has 0 aromatic heterocycles. The van der Waals surface area contributed by atoms with Gasteiger partial charge in [0.2, 0.25) is 14.3 Å². The van der Waals surface area contributed by atoms with Crippen LogP contribution in [0.2, 0.25) is 23.7 Å². The van der Waals surface area contributed by atoms with Crippen LogP contribution in [-0.2, 0) is 44.2 Å². The average Bonchev–Trinajstić information content (AvgIpc) is 3.46. The van der Waals surface area contributed by atoms with E-state index in [0.717, 1.165) is 11.1 Å². The monoisotopic (exact) mass is 693 g/mol. The molecule has 1 spiro atoms. The number of aliphatic hydroxyl groups is 2. The third-order valence-electron chi connectivity index (χ3n) is 10.1. The largest absolute Gasteiger partial charge is 0.394 e. The Balaban J connectivity index is 1.33. The van der Waals surface area contributed by atoms with Crippen LogP contribution in [0.15, 0.2) is 66.7 Å². The molecule has 3 aliphatic heterocycles. The normalized spacial score (nSPS) is 25.6. The number of hydrogen-bond donors (Lipinski definition) is 3. The Labute approximate surface area is 285 Å². The molecule has 9 nitrogen and oxygen atoms in total. The summed E-state index contributed by atoms with van der Waals surface area (Å²) in [5, 5.41) is 22.9. The van der Waals surface area contributed by atoms with Crippen LogP contribution in [0.25, 0.3) is 0 Å². The van der Waals surface area contributed by atoms with Gasteiger partial charge in [-0.15, -0.1) is 0 Å². The number of nitrogens with zero attached hydrogens (tertiary/aromatic N) is 2. The SMILES string of the molecule is C[C@H](O)C(=O)Nc1cccc(CN2C(=O)[C@]3(O[C@H](CC(=O)N4Cc5ccccc5C[C@H]4CO)[C@@H]([Si](C)(C)F)[C@@H]3C)c3cc(Cl)ccc32)c1. The van der Waals surface area contributed by atoms with Crippen molar-refractivity contribution in [2.24, 2.45) is 5.92 Å². The lowest BCUT2D eigenvalue weighted by molar-refractivity contribution is -0.151. The molecule has 0 radical (unpaired) electrons. The lowest BCUT2D eigenvalue weighted by atomic mass is 9.82. The summed E-state index contributed by atoms with van der Waals surface area (Å²) in [5.74, 6) is -1.81. The number of benzene rings is 3. The zero-order valence-electron chi connectivity index (χ0n) is 27.5. The van der Waals surface area contributed by atoms with Gasteiger partial charge in [0.25, 0.3) is 11.8 Å². The molecule has 0 unspecified atom stereocenters. The van der Waals surface area contributed by atoms with E-state index >= 15 is 4.11 Å². The highest BCUT2D eigenvalue weighted by atomic mass is 35.5. The maximum Gasteiger partial charge on any atom is 0.264 e. The first kappa shape index (κ1) is 34.3. The summed E-state index contributed by atoms with van der Waals surface area (Å²) in [4.78, 5) is 44.1. The Morgan fingerprint density at radius 1 is 1.12 bits per heavy atom. The number of rotatable bonds is 8. The van der Waals surface area contributed by atoms with E-state index in [-0.39, 0.29) is 31.4 Å². The second kappa shape index (κ2) is 13.0. The van der Waals surface area contributed by atoms with Crippen molar-refractivity contribution in [1.82, 2.24) is 4.90 Å². The van der Waals surface area contributed by atoms with Gasteiger partial charge in [-0.2, -0.15) is 0 Å². The van der Waals surface area contributed by atoms with E-state index in [1.54, 1.807) is 59.3 Å². The van der Waals surface area contributed by atoms with Gasteiger partial charge in [0.15, 0.2) is 5.60 Å². The lowest BCUT2D eigenvalue weighted by Gasteiger charge is -2.37. The van der Waals surface area contributed by atoms with Gasteiger partial charge in [0.1, 0.15) is 6.10 Å². The number of amides is 3. The van der Waals surface area contributed by atoms with E-state index in [1.165, 1.54) is 6.92 Å². The third-order valence-corrected chi connectivity index (χ3v) is 12.8. The molecule has 0 aliphatic carbocycles. The molecule has 1 fully saturated rings. The fraction of sp³-hybridized carbons (Fsp3) is 0.417. The van der Waals surface area contributed by atoms with Crippen molar-refractivity contribution in [3.63, 3.8) is 0 Å². The van der Waals surface area contributed by atoms with E-state index < -0.39 is 49.6 Å². The summed E-state index contributed by atoms with van der Waals surface area (Å²) < 4.78 is 23.2. The van der Waals surface area contributed by atoms with Crippen molar-refractivity contribution in [2.75, 3.05) is 16.8 Å². The van der Waals surface area contributed by atoms with Gasteiger partial charge in [-0.3, -0.25) is 14.4 Å². The van der Waals surface area contributed by atoms with Crippen LogP contribution < -0.4 is 10.2 Å². The highest BCUT2D eigenvalue weighted by Gasteiger charge is 2.67. The summed E-state index contributed by atoms with van der Waals surface area (Å²) in [6, 6.07) is 19.5. The summed E-state index contributed by atoms with van der Waals surface area (Å²) >= 11 is 6.51. The predicted molar refractivity (Wildman–Crippen MR) is 184 cm³/mol. The fourth-order valence-corrected chi connectivity index (χ4v) is 10.6. The summed E-state index contributed by atoms with van der Waals surface area (Å²) in [5.41, 5.74) is 2.10. The van der Waals surface area contributed by atoms with Crippen molar-refractivity contribution in [1.29, 1.82) is 0 Å². The summed E-state index contributed by atoms with van der Waals surface area (Å²) in [6.45, 7) is 6.63. The molecule has 0 bridgehead atoms. The van der Waals surface area contributed by atoms with Gasteiger partial charge in [-0.25, -0.2) is 0 Å². The van der Waals surface area contributed by atoms with Crippen LogP contribution in [0.3, 0.4) is 0 Å². The van der Waals surface area contributed by atoms with Crippen LogP contribution in [0.5, 0.6) is 0 Å². The fourth-order valence-electron chi connectivity index (χ4n) is 7.89. The Morgan fingerprint density at radius 2 is 1.85 bits per heavy atom. The van der Waals surface area contributed by atoms with Gasteiger partial charge in [-0.05, 0) is 73.5 Å². The zero-order chi connectivity index (χ0) is 34.5. The first-order valence-corrected chi connectivity index (χ1v) is 19.6. The number of ether oxygens (including phenoxy) is 1. The van der Waals surface area contributed by atoms with Crippen molar-refractivity contribution < 1.29 is 33.4 Å². The molecule has 48 heavy (non-hydrogen) atoms. The van der Waals surface area contributed by atoms with E-state index in [1.807, 2.05) is 37.3 Å². The minimum absolute atomic E-state index is 0.125. The Kier molecular flexibility index (Phi) is 9.29. The molecule has 0 saturated carbocycles. The second-order valence-electron chi connectivity index (χ2n) is 13.7. The molecule has 3 N–H and O–H groups in total. The molecule has 3 aromatic rings. The molecule has 3 heterocycles. The molecule has 3 aliphatic rings. The summed E-state index contributed by atoms with van der Waals surface area (Å²) in [7, 11) is -3.55. The minimum atomic E-state index is -3.55. The summed E-state index contributed by atoms with van der Waals surface area (Å²) in [6.07, 6.45) is -1.70. The van der Waals surface area contributed by atoms with E-state index in [2.05, 4.69) is 5.32 Å². The van der Waals surface area contributed by atoms with Gasteiger partial charge in [0, 0.05) is 34.3 Å². The number of carbonyl (C=O) groups is 3. The van der Waals surface area contributed by atoms with E-state index in [4.69, 9.17) is 16.3 Å². The van der Waals surface area contributed by atoms with E-state index in [9.17, 15) is 24.6 Å².